The van der Waals surface area contributed by atoms with Crippen LogP contribution in [0.15, 0.2) is 24.3 Å². The van der Waals surface area contributed by atoms with Crippen molar-refractivity contribution in [1.29, 1.82) is 0 Å². The minimum atomic E-state index is -0.946. The van der Waals surface area contributed by atoms with Gasteiger partial charge < -0.3 is 19.7 Å². The number of benzene rings is 1. The Labute approximate surface area is 208 Å². The van der Waals surface area contributed by atoms with Crippen LogP contribution in [0.25, 0.3) is 0 Å². The fourth-order valence-corrected chi connectivity index (χ4v) is 4.22. The molecule has 2 amide bonds. The van der Waals surface area contributed by atoms with Crippen molar-refractivity contribution < 1.29 is 28.7 Å². The number of nitrogens with one attached hydrogen (secondary N) is 1. The average molecular weight is 489 g/mol. The van der Waals surface area contributed by atoms with E-state index in [1.54, 1.807) is 18.2 Å². The van der Waals surface area contributed by atoms with Gasteiger partial charge in [0.15, 0.2) is 0 Å². The molecule has 1 atom stereocenters. The number of ether oxygens (including phenoxy) is 2. The molecule has 1 fully saturated rings. The molecule has 2 rings (SSSR count). The number of hydrogen-bond donors (Lipinski definition) is 1. The summed E-state index contributed by atoms with van der Waals surface area (Å²) in [6.07, 6.45) is 11.7. The molecule has 8 nitrogen and oxygen atoms in total. The van der Waals surface area contributed by atoms with Crippen LogP contribution in [-0.2, 0) is 19.1 Å². The second kappa shape index (κ2) is 15.9. The molecule has 0 spiro atoms. The first-order valence-corrected chi connectivity index (χ1v) is 12.9. The number of esters is 2. The largest absolute Gasteiger partial charge is 0.466 e. The van der Waals surface area contributed by atoms with Gasteiger partial charge in [-0.3, -0.25) is 14.4 Å². The minimum absolute atomic E-state index is 0.202. The van der Waals surface area contributed by atoms with Crippen molar-refractivity contribution in [3.63, 3.8) is 0 Å². The Morgan fingerprint density at radius 1 is 0.971 bits per heavy atom. The van der Waals surface area contributed by atoms with E-state index in [4.69, 9.17) is 9.47 Å². The van der Waals surface area contributed by atoms with Crippen LogP contribution < -0.4 is 5.32 Å². The molecule has 1 unspecified atom stereocenters. The molecule has 0 aliphatic carbocycles. The highest BCUT2D eigenvalue weighted by molar-refractivity contribution is 6.01. The van der Waals surface area contributed by atoms with Gasteiger partial charge in [0.05, 0.1) is 25.7 Å². The van der Waals surface area contributed by atoms with Crippen LogP contribution in [0.5, 0.6) is 0 Å². The van der Waals surface area contributed by atoms with Crippen molar-refractivity contribution in [3.05, 3.63) is 35.4 Å². The van der Waals surface area contributed by atoms with E-state index in [-0.39, 0.29) is 30.0 Å². The highest BCUT2D eigenvalue weighted by Crippen LogP contribution is 2.17. The fourth-order valence-electron chi connectivity index (χ4n) is 4.22. The Hall–Kier alpha value is -2.90. The lowest BCUT2D eigenvalue weighted by Gasteiger charge is -2.34. The summed E-state index contributed by atoms with van der Waals surface area (Å²) in [6, 6.07) is 5.19. The van der Waals surface area contributed by atoms with Crippen molar-refractivity contribution in [1.82, 2.24) is 10.2 Å². The smallest absolute Gasteiger partial charge is 0.337 e. The highest BCUT2D eigenvalue weighted by atomic mass is 16.5. The topological polar surface area (TPSA) is 102 Å². The monoisotopic (exact) mass is 488 g/mol. The molecule has 0 radical (unpaired) electrons. The minimum Gasteiger partial charge on any atom is -0.466 e. The van der Waals surface area contributed by atoms with Crippen LogP contribution in [0.1, 0.15) is 98.3 Å². The second-order valence-corrected chi connectivity index (χ2v) is 8.98. The predicted octanol–water partition coefficient (Wildman–Crippen LogP) is 4.27. The predicted molar refractivity (Wildman–Crippen MR) is 133 cm³/mol. The first-order valence-electron chi connectivity index (χ1n) is 12.9. The zero-order chi connectivity index (χ0) is 25.5. The van der Waals surface area contributed by atoms with Crippen LogP contribution in [0, 0.1) is 0 Å². The Bertz CT molecular complexity index is 841. The number of amides is 2. The molecule has 1 aliphatic heterocycles. The molecule has 0 bridgehead atoms. The van der Waals surface area contributed by atoms with Gasteiger partial charge in [-0.2, -0.15) is 0 Å². The molecule has 1 heterocycles. The van der Waals surface area contributed by atoms with Crippen LogP contribution >= 0.6 is 0 Å². The summed E-state index contributed by atoms with van der Waals surface area (Å²) >= 11 is 0. The Kier molecular flexibility index (Phi) is 12.9. The third kappa shape index (κ3) is 9.70. The maximum atomic E-state index is 13.1. The van der Waals surface area contributed by atoms with Crippen molar-refractivity contribution in [2.24, 2.45) is 0 Å². The summed E-state index contributed by atoms with van der Waals surface area (Å²) in [5.41, 5.74) is 0.499. The Morgan fingerprint density at radius 3 is 2.26 bits per heavy atom. The molecular weight excluding hydrogens is 448 g/mol. The first kappa shape index (κ1) is 28.3. The van der Waals surface area contributed by atoms with Gasteiger partial charge in [0, 0.05) is 18.7 Å². The summed E-state index contributed by atoms with van der Waals surface area (Å²) in [5.74, 6) is -1.85. The third-order valence-corrected chi connectivity index (χ3v) is 6.24. The quantitative estimate of drug-likeness (QED) is 0.292. The second-order valence-electron chi connectivity index (χ2n) is 8.98. The van der Waals surface area contributed by atoms with Gasteiger partial charge in [0.25, 0.3) is 5.91 Å². The Morgan fingerprint density at radius 2 is 1.60 bits per heavy atom. The van der Waals surface area contributed by atoms with Gasteiger partial charge in [-0.25, -0.2) is 4.79 Å². The maximum absolute atomic E-state index is 13.1. The summed E-state index contributed by atoms with van der Waals surface area (Å²) in [5, 5.41) is 2.71. The third-order valence-electron chi connectivity index (χ3n) is 6.24. The van der Waals surface area contributed by atoms with E-state index in [0.717, 1.165) is 19.3 Å². The highest BCUT2D eigenvalue weighted by Gasteiger charge is 2.35. The lowest BCUT2D eigenvalue weighted by atomic mass is 10.0. The van der Waals surface area contributed by atoms with Gasteiger partial charge in [-0.05, 0) is 24.6 Å². The van der Waals surface area contributed by atoms with Crippen molar-refractivity contribution in [2.45, 2.75) is 83.6 Å². The number of methoxy groups -OCH3 is 1. The van der Waals surface area contributed by atoms with E-state index in [9.17, 15) is 19.2 Å². The zero-order valence-corrected chi connectivity index (χ0v) is 21.2. The van der Waals surface area contributed by atoms with Crippen molar-refractivity contribution >= 4 is 23.8 Å². The molecular formula is C27H40N2O6. The normalized spacial score (nSPS) is 15.4. The first-order chi connectivity index (χ1) is 17.0. The van der Waals surface area contributed by atoms with Gasteiger partial charge in [0.1, 0.15) is 6.04 Å². The van der Waals surface area contributed by atoms with Crippen LogP contribution in [-0.4, -0.2) is 61.5 Å². The fraction of sp³-hybridized carbons (Fsp3) is 0.630. The zero-order valence-electron chi connectivity index (χ0n) is 21.2. The van der Waals surface area contributed by atoms with Crippen molar-refractivity contribution in [3.8, 4) is 0 Å². The van der Waals surface area contributed by atoms with E-state index in [1.807, 2.05) is 0 Å². The van der Waals surface area contributed by atoms with E-state index < -0.39 is 23.9 Å². The maximum Gasteiger partial charge on any atom is 0.337 e. The number of unbranched alkanes of at least 4 members (excludes halogenated alkanes) is 9. The van der Waals surface area contributed by atoms with Crippen LogP contribution in [0.2, 0.25) is 0 Å². The van der Waals surface area contributed by atoms with Gasteiger partial charge in [-0.15, -0.1) is 0 Å². The summed E-state index contributed by atoms with van der Waals surface area (Å²) < 4.78 is 10.1. The molecule has 1 aromatic rings. The lowest BCUT2D eigenvalue weighted by molar-refractivity contribution is -0.147. The van der Waals surface area contributed by atoms with Gasteiger partial charge in [-0.1, -0.05) is 70.8 Å². The number of rotatable bonds is 15. The molecule has 1 aromatic carbocycles. The molecule has 8 heteroatoms. The number of nitrogens with zero attached hydrogens (tertiary/aromatic N) is 1. The SMILES string of the molecule is CCCCCCCCCCCCOC(=O)CC1C(=O)NCCN1C(=O)c1cccc(C(=O)OC)c1. The Balaban J connectivity index is 1.77. The molecule has 194 valence electrons. The summed E-state index contributed by atoms with van der Waals surface area (Å²) in [7, 11) is 1.27. The number of carbonyl (C=O) groups is 4. The average Bonchev–Trinajstić information content (AvgIpc) is 2.87. The molecule has 1 N–H and O–H groups in total. The number of hydrogen-bond acceptors (Lipinski definition) is 6. The van der Waals surface area contributed by atoms with Gasteiger partial charge >= 0.3 is 11.9 Å². The lowest BCUT2D eigenvalue weighted by Crippen LogP contribution is -2.57. The summed E-state index contributed by atoms with van der Waals surface area (Å²) in [6.45, 7) is 3.10. The molecule has 1 saturated heterocycles. The molecule has 35 heavy (non-hydrogen) atoms. The van der Waals surface area contributed by atoms with E-state index >= 15 is 0 Å². The van der Waals surface area contributed by atoms with Gasteiger partial charge in [0.2, 0.25) is 5.91 Å². The summed E-state index contributed by atoms with van der Waals surface area (Å²) in [4.78, 5) is 51.1. The van der Waals surface area contributed by atoms with Crippen LogP contribution in [0.4, 0.5) is 0 Å². The molecule has 1 aliphatic rings. The number of carbonyl (C=O) groups excluding carboxylic acids is 4. The van der Waals surface area contributed by atoms with Crippen LogP contribution in [0.3, 0.4) is 0 Å². The molecule has 0 saturated carbocycles. The van der Waals surface area contributed by atoms with E-state index in [2.05, 4.69) is 12.2 Å². The van der Waals surface area contributed by atoms with Crippen molar-refractivity contribution in [2.75, 3.05) is 26.8 Å². The standard InChI is InChI=1S/C27H40N2O6/c1-3-4-5-6-7-8-9-10-11-12-18-35-24(30)20-23-25(31)28-16-17-29(23)26(32)21-14-13-15-22(19-21)27(33)34-2/h13-15,19,23H,3-12,16-18,20H2,1-2H3,(H,28,31). The molecule has 0 aromatic heterocycles. The number of piperazine rings is 1. The van der Waals surface area contributed by atoms with E-state index in [1.165, 1.54) is 63.0 Å². The van der Waals surface area contributed by atoms with E-state index in [0.29, 0.717) is 13.2 Å².